The molecule has 0 spiro atoms. The monoisotopic (exact) mass is 465 g/mol. The zero-order valence-electron chi connectivity index (χ0n) is 15.4. The molecule has 0 aliphatic heterocycles. The van der Waals surface area contributed by atoms with Crippen molar-refractivity contribution in [3.63, 3.8) is 0 Å². The van der Waals surface area contributed by atoms with E-state index in [0.717, 1.165) is 33.4 Å². The normalized spacial score (nSPS) is 11.1. The number of halogens is 1. The highest BCUT2D eigenvalue weighted by Crippen LogP contribution is 2.27. The van der Waals surface area contributed by atoms with Gasteiger partial charge in [0.1, 0.15) is 18.1 Å². The van der Waals surface area contributed by atoms with Gasteiger partial charge in [0.25, 0.3) is 0 Å². The molecule has 0 saturated heterocycles. The van der Waals surface area contributed by atoms with Gasteiger partial charge in [-0.3, -0.25) is 4.79 Å². The maximum atomic E-state index is 11.0. The van der Waals surface area contributed by atoms with Crippen LogP contribution in [0, 0.1) is 3.57 Å². The number of hydrogen-bond donors (Lipinski definition) is 0. The molecule has 4 nitrogen and oxygen atoms in total. The van der Waals surface area contributed by atoms with Crippen LogP contribution in [0.2, 0.25) is 0 Å². The van der Waals surface area contributed by atoms with Crippen LogP contribution in [0.5, 0.6) is 11.5 Å². The standard InChI is InChI=1S/C21H24INO3/c1-16(24)26-19-11-12-21(20(22)14-19)25-15-18-10-5-4-8-17(18)9-6-7-13-23(2)3/h4-6,8-12,14H,7,13,15H2,1-3H3/b9-6-. The first-order valence-corrected chi connectivity index (χ1v) is 9.53. The molecule has 0 heterocycles. The fraction of sp³-hybridized carbons (Fsp3) is 0.286. The number of carbonyl (C=O) groups is 1. The molecule has 2 rings (SSSR count). The van der Waals surface area contributed by atoms with Crippen LogP contribution in [0.4, 0.5) is 0 Å². The van der Waals surface area contributed by atoms with Gasteiger partial charge >= 0.3 is 5.97 Å². The Morgan fingerprint density at radius 3 is 2.65 bits per heavy atom. The van der Waals surface area contributed by atoms with Gasteiger partial charge in [0.15, 0.2) is 0 Å². The molecule has 0 unspecified atom stereocenters. The number of rotatable bonds is 8. The second kappa shape index (κ2) is 10.3. The maximum Gasteiger partial charge on any atom is 0.308 e. The van der Waals surface area contributed by atoms with E-state index in [1.165, 1.54) is 6.92 Å². The average molecular weight is 465 g/mol. The van der Waals surface area contributed by atoms with Crippen molar-refractivity contribution in [1.82, 2.24) is 4.90 Å². The molecular weight excluding hydrogens is 441 g/mol. The highest BCUT2D eigenvalue weighted by Gasteiger charge is 2.07. The van der Waals surface area contributed by atoms with Gasteiger partial charge in [0.05, 0.1) is 3.57 Å². The van der Waals surface area contributed by atoms with Crippen LogP contribution in [-0.4, -0.2) is 31.5 Å². The minimum Gasteiger partial charge on any atom is -0.488 e. The first kappa shape index (κ1) is 20.5. The summed E-state index contributed by atoms with van der Waals surface area (Å²) in [6.45, 7) is 2.90. The van der Waals surface area contributed by atoms with Gasteiger partial charge in [-0.15, -0.1) is 0 Å². The Morgan fingerprint density at radius 1 is 1.19 bits per heavy atom. The summed E-state index contributed by atoms with van der Waals surface area (Å²) in [5.74, 6) is 0.968. The molecule has 5 heteroatoms. The summed E-state index contributed by atoms with van der Waals surface area (Å²) in [4.78, 5) is 13.2. The first-order valence-electron chi connectivity index (χ1n) is 8.45. The topological polar surface area (TPSA) is 38.8 Å². The molecule has 2 aromatic carbocycles. The second-order valence-electron chi connectivity index (χ2n) is 6.17. The zero-order chi connectivity index (χ0) is 18.9. The van der Waals surface area contributed by atoms with Gasteiger partial charge in [0.2, 0.25) is 0 Å². The number of ether oxygens (including phenoxy) is 2. The number of benzene rings is 2. The van der Waals surface area contributed by atoms with Gasteiger partial charge in [-0.05, 0) is 72.4 Å². The van der Waals surface area contributed by atoms with E-state index in [9.17, 15) is 4.79 Å². The van der Waals surface area contributed by atoms with Crippen LogP contribution >= 0.6 is 22.6 Å². The summed E-state index contributed by atoms with van der Waals surface area (Å²) in [5.41, 5.74) is 2.30. The molecule has 0 aliphatic carbocycles. The molecule has 0 atom stereocenters. The third-order valence-corrected chi connectivity index (χ3v) is 4.49. The Bertz CT molecular complexity index is 772. The highest BCUT2D eigenvalue weighted by molar-refractivity contribution is 14.1. The zero-order valence-corrected chi connectivity index (χ0v) is 17.5. The van der Waals surface area contributed by atoms with Crippen molar-refractivity contribution in [2.45, 2.75) is 20.0 Å². The Labute approximate surface area is 168 Å². The Hall–Kier alpha value is -1.86. The van der Waals surface area contributed by atoms with Gasteiger partial charge in [-0.2, -0.15) is 0 Å². The molecule has 0 saturated carbocycles. The molecule has 0 bridgehead atoms. The van der Waals surface area contributed by atoms with E-state index in [1.807, 2.05) is 18.2 Å². The predicted octanol–water partition coefficient (Wildman–Crippen LogP) is 4.76. The summed E-state index contributed by atoms with van der Waals surface area (Å²) < 4.78 is 12.0. The SMILES string of the molecule is CC(=O)Oc1ccc(OCc2ccccc2/C=C\CCN(C)C)c(I)c1. The number of nitrogens with zero attached hydrogens (tertiary/aromatic N) is 1. The first-order chi connectivity index (χ1) is 12.5. The highest BCUT2D eigenvalue weighted by atomic mass is 127. The van der Waals surface area contributed by atoms with Crippen LogP contribution in [-0.2, 0) is 11.4 Å². The van der Waals surface area contributed by atoms with E-state index in [2.05, 4.69) is 65.9 Å². The summed E-state index contributed by atoms with van der Waals surface area (Å²) in [7, 11) is 4.15. The van der Waals surface area contributed by atoms with Crippen LogP contribution in [0.25, 0.3) is 6.08 Å². The van der Waals surface area contributed by atoms with Crippen molar-refractivity contribution < 1.29 is 14.3 Å². The summed E-state index contributed by atoms with van der Waals surface area (Å²) >= 11 is 2.18. The molecule has 138 valence electrons. The molecule has 2 aromatic rings. The van der Waals surface area contributed by atoms with Crippen molar-refractivity contribution in [3.05, 3.63) is 63.2 Å². The fourth-order valence-electron chi connectivity index (χ4n) is 2.35. The summed E-state index contributed by atoms with van der Waals surface area (Å²) in [5, 5.41) is 0. The number of carbonyl (C=O) groups excluding carboxylic acids is 1. The lowest BCUT2D eigenvalue weighted by atomic mass is 10.1. The van der Waals surface area contributed by atoms with Gasteiger partial charge in [-0.1, -0.05) is 36.4 Å². The lowest BCUT2D eigenvalue weighted by Gasteiger charge is -2.11. The van der Waals surface area contributed by atoms with E-state index in [0.29, 0.717) is 12.4 Å². The maximum absolute atomic E-state index is 11.0. The van der Waals surface area contributed by atoms with Crippen LogP contribution in [0.1, 0.15) is 24.5 Å². The van der Waals surface area contributed by atoms with E-state index in [4.69, 9.17) is 9.47 Å². The minimum atomic E-state index is -0.329. The van der Waals surface area contributed by atoms with Crippen LogP contribution in [0.15, 0.2) is 48.5 Å². The van der Waals surface area contributed by atoms with Crippen LogP contribution in [0.3, 0.4) is 0 Å². The molecule has 0 radical (unpaired) electrons. The van der Waals surface area contributed by atoms with Crippen molar-refractivity contribution in [2.24, 2.45) is 0 Å². The molecular formula is C21H24INO3. The molecule has 0 aliphatic rings. The fourth-order valence-corrected chi connectivity index (χ4v) is 3.00. The van der Waals surface area contributed by atoms with Crippen LogP contribution < -0.4 is 9.47 Å². The van der Waals surface area contributed by atoms with Crippen molar-refractivity contribution >= 4 is 34.6 Å². The van der Waals surface area contributed by atoms with Gasteiger partial charge in [-0.25, -0.2) is 0 Å². The lowest BCUT2D eigenvalue weighted by Crippen LogP contribution is -2.11. The largest absolute Gasteiger partial charge is 0.488 e. The van der Waals surface area contributed by atoms with E-state index >= 15 is 0 Å². The van der Waals surface area contributed by atoms with Crippen molar-refractivity contribution in [1.29, 1.82) is 0 Å². The van der Waals surface area contributed by atoms with Crippen molar-refractivity contribution in [3.8, 4) is 11.5 Å². The van der Waals surface area contributed by atoms with Gasteiger partial charge in [0, 0.05) is 13.5 Å². The molecule has 26 heavy (non-hydrogen) atoms. The van der Waals surface area contributed by atoms with E-state index < -0.39 is 0 Å². The molecule has 0 amide bonds. The third-order valence-electron chi connectivity index (χ3n) is 3.64. The minimum absolute atomic E-state index is 0.329. The number of hydrogen-bond acceptors (Lipinski definition) is 4. The van der Waals surface area contributed by atoms with Gasteiger partial charge < -0.3 is 14.4 Å². The average Bonchev–Trinajstić information content (AvgIpc) is 2.58. The third kappa shape index (κ3) is 6.80. The Morgan fingerprint density at radius 2 is 1.96 bits per heavy atom. The van der Waals surface area contributed by atoms with E-state index in [-0.39, 0.29) is 5.97 Å². The van der Waals surface area contributed by atoms with Crippen molar-refractivity contribution in [2.75, 3.05) is 20.6 Å². The summed E-state index contributed by atoms with van der Waals surface area (Å²) in [6, 6.07) is 13.6. The second-order valence-corrected chi connectivity index (χ2v) is 7.33. The van der Waals surface area contributed by atoms with E-state index in [1.54, 1.807) is 12.1 Å². The lowest BCUT2D eigenvalue weighted by molar-refractivity contribution is -0.131. The molecule has 0 fully saturated rings. The molecule has 0 N–H and O–H groups in total. The number of esters is 1. The predicted molar refractivity (Wildman–Crippen MR) is 113 cm³/mol. The molecule has 0 aromatic heterocycles. The summed E-state index contributed by atoms with van der Waals surface area (Å²) in [6.07, 6.45) is 5.35. The quantitative estimate of drug-likeness (QED) is 0.320. The smallest absolute Gasteiger partial charge is 0.308 e. The Balaban J connectivity index is 2.02. The Kier molecular flexibility index (Phi) is 8.12.